The molecule has 0 aliphatic rings. The lowest BCUT2D eigenvalue weighted by Crippen LogP contribution is -2.33. The fourth-order valence-corrected chi connectivity index (χ4v) is 3.68. The van der Waals surface area contributed by atoms with Crippen LogP contribution in [-0.4, -0.2) is 21.6 Å². The summed E-state index contributed by atoms with van der Waals surface area (Å²) in [5, 5.41) is 0. The molecule has 1 N–H and O–H groups in total. The maximum Gasteiger partial charge on any atom is 0.241 e. The van der Waals surface area contributed by atoms with E-state index < -0.39 is 10.0 Å². The summed E-state index contributed by atoms with van der Waals surface area (Å²) in [5.41, 5.74) is 1.59. The number of hydrogen-bond acceptors (Lipinski definition) is 3. The van der Waals surface area contributed by atoms with E-state index in [0.29, 0.717) is 10.6 Å². The highest BCUT2D eigenvalue weighted by Gasteiger charge is 2.21. The highest BCUT2D eigenvalue weighted by atomic mass is 32.2. The predicted octanol–water partition coefficient (Wildman–Crippen LogP) is 2.78. The zero-order valence-electron chi connectivity index (χ0n) is 12.3. The molecule has 0 heterocycles. The Hall–Kier alpha value is -1.07. The van der Waals surface area contributed by atoms with Gasteiger partial charge in [-0.3, -0.25) is 0 Å². The van der Waals surface area contributed by atoms with E-state index in [9.17, 15) is 8.42 Å². The van der Waals surface area contributed by atoms with Crippen LogP contribution in [0.3, 0.4) is 0 Å². The third-order valence-electron chi connectivity index (χ3n) is 3.28. The first-order chi connectivity index (χ1) is 8.83. The topological polar surface area (TPSA) is 55.4 Å². The second-order valence-electron chi connectivity index (χ2n) is 4.83. The van der Waals surface area contributed by atoms with Crippen LogP contribution in [-0.2, 0) is 10.0 Å². The summed E-state index contributed by atoms with van der Waals surface area (Å²) in [5.74, 6) is 0.707. The van der Waals surface area contributed by atoms with Gasteiger partial charge in [0.25, 0.3) is 0 Å². The van der Waals surface area contributed by atoms with Crippen molar-refractivity contribution in [3.8, 4) is 5.75 Å². The Balaban J connectivity index is 3.12. The van der Waals surface area contributed by atoms with E-state index in [2.05, 4.69) is 4.72 Å². The molecule has 1 atom stereocenters. The van der Waals surface area contributed by atoms with Gasteiger partial charge in [-0.25, -0.2) is 13.1 Å². The van der Waals surface area contributed by atoms with E-state index in [1.54, 1.807) is 26.2 Å². The van der Waals surface area contributed by atoms with Crippen LogP contribution >= 0.6 is 0 Å². The average molecular weight is 285 g/mol. The van der Waals surface area contributed by atoms with Gasteiger partial charge in [-0.05, 0) is 50.5 Å². The molecule has 0 unspecified atom stereocenters. The van der Waals surface area contributed by atoms with Gasteiger partial charge in [0.2, 0.25) is 10.0 Å². The molecule has 0 fully saturated rings. The van der Waals surface area contributed by atoms with Crippen LogP contribution in [0, 0.1) is 13.8 Å². The first kappa shape index (κ1) is 16.0. The zero-order chi connectivity index (χ0) is 14.6. The van der Waals surface area contributed by atoms with Gasteiger partial charge in [-0.1, -0.05) is 13.3 Å². The molecule has 1 aromatic rings. The molecule has 0 saturated heterocycles. The molecule has 19 heavy (non-hydrogen) atoms. The molecule has 0 bridgehead atoms. The number of benzene rings is 1. The van der Waals surface area contributed by atoms with Gasteiger partial charge in [0.1, 0.15) is 5.75 Å². The van der Waals surface area contributed by atoms with E-state index >= 15 is 0 Å². The van der Waals surface area contributed by atoms with Gasteiger partial charge >= 0.3 is 0 Å². The Morgan fingerprint density at radius 3 is 2.42 bits per heavy atom. The number of rotatable bonds is 6. The van der Waals surface area contributed by atoms with Gasteiger partial charge in [-0.15, -0.1) is 0 Å². The number of ether oxygens (including phenoxy) is 1. The summed E-state index contributed by atoms with van der Waals surface area (Å²) in [4.78, 5) is 0.328. The Labute approximate surface area is 116 Å². The lowest BCUT2D eigenvalue weighted by atomic mass is 10.1. The molecule has 1 aromatic carbocycles. The molecule has 108 valence electrons. The van der Waals surface area contributed by atoms with Crippen molar-refractivity contribution in [2.75, 3.05) is 7.11 Å². The predicted molar refractivity (Wildman–Crippen MR) is 77.2 cm³/mol. The Morgan fingerprint density at radius 2 is 1.89 bits per heavy atom. The third-order valence-corrected chi connectivity index (χ3v) is 5.01. The quantitative estimate of drug-likeness (QED) is 0.874. The molecule has 0 aliphatic carbocycles. The van der Waals surface area contributed by atoms with Crippen LogP contribution in [0.2, 0.25) is 0 Å². The summed E-state index contributed by atoms with van der Waals surface area (Å²) < 4.78 is 32.6. The van der Waals surface area contributed by atoms with Crippen molar-refractivity contribution in [2.24, 2.45) is 0 Å². The first-order valence-corrected chi connectivity index (χ1v) is 7.98. The number of methoxy groups -OCH3 is 1. The molecule has 0 aromatic heterocycles. The zero-order valence-corrected chi connectivity index (χ0v) is 13.1. The van der Waals surface area contributed by atoms with E-state index in [0.717, 1.165) is 24.0 Å². The smallest absolute Gasteiger partial charge is 0.241 e. The minimum Gasteiger partial charge on any atom is -0.496 e. The van der Waals surface area contributed by atoms with E-state index in [1.807, 2.05) is 20.8 Å². The monoisotopic (exact) mass is 285 g/mol. The van der Waals surface area contributed by atoms with Crippen LogP contribution in [0.4, 0.5) is 0 Å². The SMILES string of the molecule is CCC[C@H](C)NS(=O)(=O)c1ccc(OC)c(C)c1C. The Morgan fingerprint density at radius 1 is 1.26 bits per heavy atom. The van der Waals surface area contributed by atoms with E-state index in [4.69, 9.17) is 4.74 Å². The molecular formula is C14H23NO3S. The highest BCUT2D eigenvalue weighted by molar-refractivity contribution is 7.89. The second-order valence-corrected chi connectivity index (χ2v) is 6.51. The summed E-state index contributed by atoms with van der Waals surface area (Å²) in [6.45, 7) is 7.58. The van der Waals surface area contributed by atoms with E-state index in [1.165, 1.54) is 0 Å². The van der Waals surface area contributed by atoms with Crippen LogP contribution in [0.1, 0.15) is 37.8 Å². The summed E-state index contributed by atoms with van der Waals surface area (Å²) in [6, 6.07) is 3.24. The molecule has 0 spiro atoms. The van der Waals surface area contributed by atoms with Gasteiger partial charge in [-0.2, -0.15) is 0 Å². The number of sulfonamides is 1. The van der Waals surface area contributed by atoms with Crippen molar-refractivity contribution >= 4 is 10.0 Å². The normalized spacial score (nSPS) is 13.3. The largest absolute Gasteiger partial charge is 0.496 e. The Kier molecular flexibility index (Phi) is 5.38. The Bertz CT molecular complexity index is 538. The van der Waals surface area contributed by atoms with Crippen LogP contribution < -0.4 is 9.46 Å². The molecular weight excluding hydrogens is 262 g/mol. The van der Waals surface area contributed by atoms with Gasteiger partial charge in [0, 0.05) is 6.04 Å². The van der Waals surface area contributed by atoms with Crippen molar-refractivity contribution < 1.29 is 13.2 Å². The van der Waals surface area contributed by atoms with Crippen LogP contribution in [0.5, 0.6) is 5.75 Å². The third kappa shape index (κ3) is 3.70. The van der Waals surface area contributed by atoms with Gasteiger partial charge < -0.3 is 4.74 Å². The standard InChI is InChI=1S/C14H23NO3S/c1-6-7-10(2)15-19(16,17)14-9-8-13(18-5)11(3)12(14)4/h8-10,15H,6-7H2,1-5H3/t10-/m0/s1. The minimum atomic E-state index is -3.47. The van der Waals surface area contributed by atoms with Crippen molar-refractivity contribution in [3.63, 3.8) is 0 Å². The molecule has 5 heteroatoms. The highest BCUT2D eigenvalue weighted by Crippen LogP contribution is 2.26. The molecule has 0 saturated carbocycles. The molecule has 0 amide bonds. The number of hydrogen-bond donors (Lipinski definition) is 1. The van der Waals surface area contributed by atoms with Crippen molar-refractivity contribution in [1.29, 1.82) is 0 Å². The maximum absolute atomic E-state index is 12.3. The minimum absolute atomic E-state index is 0.0585. The molecule has 1 rings (SSSR count). The lowest BCUT2D eigenvalue weighted by Gasteiger charge is -2.16. The number of nitrogens with one attached hydrogen (secondary N) is 1. The molecule has 0 aliphatic heterocycles. The molecule has 0 radical (unpaired) electrons. The van der Waals surface area contributed by atoms with E-state index in [-0.39, 0.29) is 6.04 Å². The van der Waals surface area contributed by atoms with Gasteiger partial charge in [0.15, 0.2) is 0 Å². The fraction of sp³-hybridized carbons (Fsp3) is 0.571. The summed E-state index contributed by atoms with van der Waals surface area (Å²) in [7, 11) is -1.88. The van der Waals surface area contributed by atoms with Crippen LogP contribution in [0.15, 0.2) is 17.0 Å². The van der Waals surface area contributed by atoms with Gasteiger partial charge in [0.05, 0.1) is 12.0 Å². The van der Waals surface area contributed by atoms with Crippen LogP contribution in [0.25, 0.3) is 0 Å². The first-order valence-electron chi connectivity index (χ1n) is 6.50. The lowest BCUT2D eigenvalue weighted by molar-refractivity contribution is 0.410. The van der Waals surface area contributed by atoms with Crippen molar-refractivity contribution in [2.45, 2.75) is 51.5 Å². The molecule has 4 nitrogen and oxygen atoms in total. The van der Waals surface area contributed by atoms with Crippen molar-refractivity contribution in [3.05, 3.63) is 23.3 Å². The average Bonchev–Trinajstić information content (AvgIpc) is 2.31. The maximum atomic E-state index is 12.3. The summed E-state index contributed by atoms with van der Waals surface area (Å²) in [6.07, 6.45) is 1.78. The summed E-state index contributed by atoms with van der Waals surface area (Å²) >= 11 is 0. The second kappa shape index (κ2) is 6.39. The van der Waals surface area contributed by atoms with Crippen molar-refractivity contribution in [1.82, 2.24) is 4.72 Å². The fourth-order valence-electron chi connectivity index (χ4n) is 2.10.